The quantitative estimate of drug-likeness (QED) is 0.647. The number of nitrogens with two attached hydrogens (primary N) is 1. The molecule has 0 aliphatic carbocycles. The molecule has 3 N–H and O–H groups in total. The first-order chi connectivity index (χ1) is 9.69. The molecule has 1 aromatic heterocycles. The fourth-order valence-corrected chi connectivity index (χ4v) is 2.69. The number of amides is 1. The predicted octanol–water partition coefficient (Wildman–Crippen LogP) is 2.00. The maximum absolute atomic E-state index is 12.5. The zero-order chi connectivity index (χ0) is 14.1. The molecule has 2 aromatic rings. The first-order valence-electron chi connectivity index (χ1n) is 6.84. The van der Waals surface area contributed by atoms with Crippen LogP contribution in [0, 0.1) is 5.92 Å². The monoisotopic (exact) mass is 270 g/mol. The van der Waals surface area contributed by atoms with Crippen molar-refractivity contribution in [2.75, 3.05) is 18.5 Å². The van der Waals surface area contributed by atoms with Crippen molar-refractivity contribution in [3.05, 3.63) is 36.0 Å². The van der Waals surface area contributed by atoms with Crippen molar-refractivity contribution in [1.29, 1.82) is 0 Å². The van der Waals surface area contributed by atoms with Crippen LogP contribution in [0.15, 0.2) is 30.3 Å². The van der Waals surface area contributed by atoms with E-state index in [4.69, 9.17) is 5.84 Å². The Morgan fingerprint density at radius 1 is 1.45 bits per heavy atom. The molecule has 0 radical (unpaired) electrons. The zero-order valence-corrected chi connectivity index (χ0v) is 11.5. The predicted molar refractivity (Wildman–Crippen MR) is 79.2 cm³/mol. The number of para-hydroxylation sites is 1. The third-order valence-electron chi connectivity index (χ3n) is 3.80. The lowest BCUT2D eigenvalue weighted by molar-refractivity contribution is 0.0783. The summed E-state index contributed by atoms with van der Waals surface area (Å²) in [6.45, 7) is 3.77. The fraction of sp³-hybridized carbons (Fsp3) is 0.333. The molecule has 5 heteroatoms. The summed E-state index contributed by atoms with van der Waals surface area (Å²) in [7, 11) is 0. The van der Waals surface area contributed by atoms with Crippen LogP contribution in [-0.2, 0) is 0 Å². The molecule has 1 amide bonds. The van der Waals surface area contributed by atoms with Gasteiger partial charge < -0.3 is 10.3 Å². The van der Waals surface area contributed by atoms with Gasteiger partial charge in [0.15, 0.2) is 0 Å². The van der Waals surface area contributed by atoms with E-state index in [9.17, 15) is 4.79 Å². The van der Waals surface area contributed by atoms with Gasteiger partial charge in [-0.15, -0.1) is 0 Å². The standard InChI is InChI=1S/C15H18N4O/c1-10-6-7-19(9-10)15(20)14-8-13(18-16)11-4-2-3-5-12(11)17-14/h2-5,8,10H,6-7,9,16H2,1H3,(H,17,18). The van der Waals surface area contributed by atoms with E-state index in [1.165, 1.54) is 0 Å². The summed E-state index contributed by atoms with van der Waals surface area (Å²) in [6.07, 6.45) is 1.06. The van der Waals surface area contributed by atoms with E-state index in [-0.39, 0.29) is 5.91 Å². The molecule has 1 aliphatic heterocycles. The number of hydrogen-bond donors (Lipinski definition) is 2. The van der Waals surface area contributed by atoms with Crippen molar-refractivity contribution in [3.8, 4) is 0 Å². The van der Waals surface area contributed by atoms with Crippen molar-refractivity contribution < 1.29 is 4.79 Å². The Balaban J connectivity index is 2.01. The van der Waals surface area contributed by atoms with Gasteiger partial charge in [-0.05, 0) is 24.5 Å². The number of carbonyl (C=O) groups excluding carboxylic acids is 1. The van der Waals surface area contributed by atoms with Crippen LogP contribution in [0.3, 0.4) is 0 Å². The number of hydrazine groups is 1. The molecule has 1 unspecified atom stereocenters. The van der Waals surface area contributed by atoms with Crippen LogP contribution in [0.25, 0.3) is 10.9 Å². The molecular formula is C15H18N4O. The summed E-state index contributed by atoms with van der Waals surface area (Å²) >= 11 is 0. The Hall–Kier alpha value is -2.14. The molecule has 1 saturated heterocycles. The number of nitrogens with one attached hydrogen (secondary N) is 1. The van der Waals surface area contributed by atoms with Gasteiger partial charge in [-0.1, -0.05) is 25.1 Å². The van der Waals surface area contributed by atoms with Crippen LogP contribution in [-0.4, -0.2) is 28.9 Å². The average molecular weight is 270 g/mol. The van der Waals surface area contributed by atoms with Crippen molar-refractivity contribution in [2.24, 2.45) is 11.8 Å². The highest BCUT2D eigenvalue weighted by Crippen LogP contribution is 2.24. The third kappa shape index (κ3) is 2.20. The number of benzene rings is 1. The lowest BCUT2D eigenvalue weighted by Crippen LogP contribution is -2.29. The minimum atomic E-state index is -0.0170. The van der Waals surface area contributed by atoms with Crippen LogP contribution in [0.1, 0.15) is 23.8 Å². The molecule has 5 nitrogen and oxygen atoms in total. The van der Waals surface area contributed by atoms with Gasteiger partial charge in [0.2, 0.25) is 0 Å². The Kier molecular flexibility index (Phi) is 3.28. The number of anilines is 1. The fourth-order valence-electron chi connectivity index (χ4n) is 2.69. The van der Waals surface area contributed by atoms with Gasteiger partial charge in [0.25, 0.3) is 5.91 Å². The topological polar surface area (TPSA) is 71.2 Å². The van der Waals surface area contributed by atoms with E-state index in [0.717, 1.165) is 36.1 Å². The highest BCUT2D eigenvalue weighted by Gasteiger charge is 2.25. The summed E-state index contributed by atoms with van der Waals surface area (Å²) in [5.41, 5.74) is 4.61. The van der Waals surface area contributed by atoms with Crippen molar-refractivity contribution in [2.45, 2.75) is 13.3 Å². The van der Waals surface area contributed by atoms with Gasteiger partial charge in [-0.25, -0.2) is 4.98 Å². The molecule has 1 aromatic carbocycles. The number of aromatic nitrogens is 1. The van der Waals surface area contributed by atoms with Gasteiger partial charge in [0.1, 0.15) is 5.69 Å². The summed E-state index contributed by atoms with van der Waals surface area (Å²) in [5.74, 6) is 6.10. The normalized spacial score (nSPS) is 18.5. The van der Waals surface area contributed by atoms with Crippen molar-refractivity contribution in [1.82, 2.24) is 9.88 Å². The minimum absolute atomic E-state index is 0.0170. The number of likely N-dealkylation sites (tertiary alicyclic amines) is 1. The first kappa shape index (κ1) is 12.9. The summed E-state index contributed by atoms with van der Waals surface area (Å²) < 4.78 is 0. The number of carbonyl (C=O) groups is 1. The summed E-state index contributed by atoms with van der Waals surface area (Å²) in [6, 6.07) is 9.38. The van der Waals surface area contributed by atoms with Crippen LogP contribution >= 0.6 is 0 Å². The largest absolute Gasteiger partial charge is 0.337 e. The molecule has 2 heterocycles. The van der Waals surface area contributed by atoms with E-state index in [2.05, 4.69) is 17.3 Å². The van der Waals surface area contributed by atoms with Gasteiger partial charge in [-0.2, -0.15) is 0 Å². The highest BCUT2D eigenvalue weighted by atomic mass is 16.2. The first-order valence-corrected chi connectivity index (χ1v) is 6.84. The number of nitrogens with zero attached hydrogens (tertiary/aromatic N) is 2. The van der Waals surface area contributed by atoms with E-state index >= 15 is 0 Å². The number of pyridine rings is 1. The number of nitrogen functional groups attached to an aromatic ring is 1. The molecular weight excluding hydrogens is 252 g/mol. The average Bonchev–Trinajstić information content (AvgIpc) is 2.91. The minimum Gasteiger partial charge on any atom is -0.337 e. The molecule has 0 spiro atoms. The molecule has 1 atom stereocenters. The summed E-state index contributed by atoms with van der Waals surface area (Å²) in [5, 5.41) is 0.918. The molecule has 0 saturated carbocycles. The molecule has 1 fully saturated rings. The molecule has 1 aliphatic rings. The second-order valence-corrected chi connectivity index (χ2v) is 5.36. The van der Waals surface area contributed by atoms with Crippen molar-refractivity contribution >= 4 is 22.5 Å². The maximum atomic E-state index is 12.5. The Labute approximate surface area is 117 Å². The van der Waals surface area contributed by atoms with Crippen molar-refractivity contribution in [3.63, 3.8) is 0 Å². The lowest BCUT2D eigenvalue weighted by atomic mass is 10.1. The lowest BCUT2D eigenvalue weighted by Gasteiger charge is -2.16. The number of fused-ring (bicyclic) bond motifs is 1. The zero-order valence-electron chi connectivity index (χ0n) is 11.5. The molecule has 3 rings (SSSR count). The maximum Gasteiger partial charge on any atom is 0.272 e. The Morgan fingerprint density at radius 2 is 2.25 bits per heavy atom. The second-order valence-electron chi connectivity index (χ2n) is 5.36. The number of hydrogen-bond acceptors (Lipinski definition) is 4. The summed E-state index contributed by atoms with van der Waals surface area (Å²) in [4.78, 5) is 18.8. The SMILES string of the molecule is CC1CCN(C(=O)c2cc(NN)c3ccccc3n2)C1. The molecule has 20 heavy (non-hydrogen) atoms. The van der Waals surface area contributed by atoms with Gasteiger partial charge in [0.05, 0.1) is 11.2 Å². The van der Waals surface area contributed by atoms with Gasteiger partial charge >= 0.3 is 0 Å². The van der Waals surface area contributed by atoms with Crippen LogP contribution in [0.2, 0.25) is 0 Å². The number of rotatable bonds is 2. The van der Waals surface area contributed by atoms with Crippen LogP contribution < -0.4 is 11.3 Å². The third-order valence-corrected chi connectivity index (χ3v) is 3.80. The molecule has 0 bridgehead atoms. The van der Waals surface area contributed by atoms with E-state index in [0.29, 0.717) is 11.6 Å². The van der Waals surface area contributed by atoms with Gasteiger partial charge in [0, 0.05) is 18.5 Å². The van der Waals surface area contributed by atoms with E-state index in [1.54, 1.807) is 6.07 Å². The smallest absolute Gasteiger partial charge is 0.272 e. The van der Waals surface area contributed by atoms with Crippen LogP contribution in [0.5, 0.6) is 0 Å². The van der Waals surface area contributed by atoms with E-state index in [1.807, 2.05) is 29.2 Å². The molecule has 104 valence electrons. The highest BCUT2D eigenvalue weighted by molar-refractivity contribution is 5.99. The second kappa shape index (κ2) is 5.09. The van der Waals surface area contributed by atoms with E-state index < -0.39 is 0 Å². The van der Waals surface area contributed by atoms with Gasteiger partial charge in [-0.3, -0.25) is 10.6 Å². The van der Waals surface area contributed by atoms with Crippen LogP contribution in [0.4, 0.5) is 5.69 Å². The Bertz CT molecular complexity index is 655. The Morgan fingerprint density at radius 3 is 2.95 bits per heavy atom.